The fraction of sp³-hybridized carbons (Fsp3) is 0.632. The van der Waals surface area contributed by atoms with Gasteiger partial charge in [0.15, 0.2) is 0 Å². The molecule has 0 saturated heterocycles. The number of hydrogen-bond acceptors (Lipinski definition) is 2. The van der Waals surface area contributed by atoms with Crippen molar-refractivity contribution in [2.24, 2.45) is 0 Å². The molecule has 0 fully saturated rings. The average Bonchev–Trinajstić information content (AvgIpc) is 2.57. The molecule has 1 aromatic rings. The predicted molar refractivity (Wildman–Crippen MR) is 95.8 cm³/mol. The summed E-state index contributed by atoms with van der Waals surface area (Å²) < 4.78 is 0. The van der Waals surface area contributed by atoms with Gasteiger partial charge in [-0.25, -0.2) is 9.86 Å². The molecule has 2 N–H and O–H groups in total. The summed E-state index contributed by atoms with van der Waals surface area (Å²) in [4.78, 5) is 11.8. The molecule has 0 unspecified atom stereocenters. The number of rotatable bonds is 12. The highest BCUT2D eigenvalue weighted by molar-refractivity contribution is 5.88. The van der Waals surface area contributed by atoms with Gasteiger partial charge in [-0.3, -0.25) is 5.21 Å². The van der Waals surface area contributed by atoms with Crippen LogP contribution in [-0.4, -0.2) is 22.8 Å². The average molecular weight is 320 g/mol. The second-order valence-corrected chi connectivity index (χ2v) is 6.10. The van der Waals surface area contributed by atoms with Gasteiger partial charge in [-0.05, 0) is 18.6 Å². The first-order valence-electron chi connectivity index (χ1n) is 9.06. The molecule has 2 amide bonds. The molecular formula is C19H32N2O2. The maximum Gasteiger partial charge on any atom is 0.345 e. The lowest BCUT2D eigenvalue weighted by molar-refractivity contribution is -0.0382. The van der Waals surface area contributed by atoms with E-state index in [2.05, 4.69) is 12.2 Å². The number of hydrogen-bond donors (Lipinski definition) is 2. The summed E-state index contributed by atoms with van der Waals surface area (Å²) >= 11 is 0. The van der Waals surface area contributed by atoms with Gasteiger partial charge in [-0.1, -0.05) is 82.9 Å². The van der Waals surface area contributed by atoms with Crippen molar-refractivity contribution in [2.75, 3.05) is 11.9 Å². The van der Waals surface area contributed by atoms with Crippen LogP contribution >= 0.6 is 0 Å². The van der Waals surface area contributed by atoms with Crippen molar-refractivity contribution in [1.29, 1.82) is 0 Å². The number of nitrogens with zero attached hydrogens (tertiary/aromatic N) is 1. The Balaban J connectivity index is 1.97. The maximum atomic E-state index is 11.8. The van der Waals surface area contributed by atoms with E-state index in [0.29, 0.717) is 12.2 Å². The third kappa shape index (κ3) is 9.95. The Morgan fingerprint density at radius 1 is 0.913 bits per heavy atom. The second-order valence-electron chi connectivity index (χ2n) is 6.10. The molecular weight excluding hydrogens is 288 g/mol. The van der Waals surface area contributed by atoms with Crippen molar-refractivity contribution in [2.45, 2.75) is 71.1 Å². The van der Waals surface area contributed by atoms with Crippen LogP contribution in [0.15, 0.2) is 30.3 Å². The third-order valence-corrected chi connectivity index (χ3v) is 3.98. The van der Waals surface area contributed by atoms with E-state index >= 15 is 0 Å². The molecule has 0 aliphatic rings. The Morgan fingerprint density at radius 2 is 1.43 bits per heavy atom. The molecule has 0 spiro atoms. The van der Waals surface area contributed by atoms with Crippen molar-refractivity contribution in [3.63, 3.8) is 0 Å². The van der Waals surface area contributed by atoms with Gasteiger partial charge in [0, 0.05) is 5.69 Å². The quantitative estimate of drug-likeness (QED) is 0.289. The monoisotopic (exact) mass is 320 g/mol. The fourth-order valence-corrected chi connectivity index (χ4v) is 2.56. The van der Waals surface area contributed by atoms with E-state index in [1.165, 1.54) is 51.4 Å². The lowest BCUT2D eigenvalue weighted by Gasteiger charge is -2.15. The summed E-state index contributed by atoms with van der Waals surface area (Å²) in [6, 6.07) is 8.71. The molecule has 23 heavy (non-hydrogen) atoms. The number of amides is 2. The Morgan fingerprint density at radius 3 is 2.00 bits per heavy atom. The Hall–Kier alpha value is -1.55. The molecule has 1 aromatic carbocycles. The summed E-state index contributed by atoms with van der Waals surface area (Å²) in [5.41, 5.74) is 0.694. The van der Waals surface area contributed by atoms with Crippen LogP contribution in [0.1, 0.15) is 71.1 Å². The van der Waals surface area contributed by atoms with Crippen molar-refractivity contribution >= 4 is 11.7 Å². The number of para-hydroxylation sites is 1. The van der Waals surface area contributed by atoms with Crippen molar-refractivity contribution in [3.05, 3.63) is 30.3 Å². The highest BCUT2D eigenvalue weighted by atomic mass is 16.5. The molecule has 4 heteroatoms. The number of hydroxylamine groups is 2. The number of unbranched alkanes of at least 4 members (excludes halogenated alkanes) is 9. The zero-order chi connectivity index (χ0) is 16.8. The molecule has 130 valence electrons. The van der Waals surface area contributed by atoms with Gasteiger partial charge in [0.2, 0.25) is 0 Å². The number of carbonyl (C=O) groups is 1. The van der Waals surface area contributed by atoms with E-state index < -0.39 is 6.03 Å². The van der Waals surface area contributed by atoms with E-state index in [1.807, 2.05) is 18.2 Å². The first kappa shape index (κ1) is 19.5. The molecule has 0 aromatic heterocycles. The Kier molecular flexibility index (Phi) is 11.0. The smallest absolute Gasteiger partial charge is 0.306 e. The van der Waals surface area contributed by atoms with E-state index in [0.717, 1.165) is 17.9 Å². The molecule has 0 aliphatic carbocycles. The standard InChI is InChI=1S/C19H32N2O2/c1-2-3-4-5-6-7-8-9-10-14-17-21(23)19(22)20-18-15-12-11-13-16-18/h11-13,15-16,23H,2-10,14,17H2,1H3,(H,20,22). The number of benzene rings is 1. The van der Waals surface area contributed by atoms with Crippen LogP contribution < -0.4 is 5.32 Å². The third-order valence-electron chi connectivity index (χ3n) is 3.98. The fourth-order valence-electron chi connectivity index (χ4n) is 2.56. The summed E-state index contributed by atoms with van der Waals surface area (Å²) in [5.74, 6) is 0. The lowest BCUT2D eigenvalue weighted by atomic mass is 10.1. The van der Waals surface area contributed by atoms with Crippen molar-refractivity contribution in [3.8, 4) is 0 Å². The zero-order valence-corrected chi connectivity index (χ0v) is 14.5. The van der Waals surface area contributed by atoms with Crippen molar-refractivity contribution < 1.29 is 10.0 Å². The minimum Gasteiger partial charge on any atom is -0.306 e. The van der Waals surface area contributed by atoms with E-state index in [1.54, 1.807) is 12.1 Å². The van der Waals surface area contributed by atoms with Crippen LogP contribution in [0, 0.1) is 0 Å². The molecule has 0 saturated carbocycles. The molecule has 0 bridgehead atoms. The van der Waals surface area contributed by atoms with E-state index in [-0.39, 0.29) is 0 Å². The van der Waals surface area contributed by atoms with Crippen LogP contribution in [0.4, 0.5) is 10.5 Å². The summed E-state index contributed by atoms with van der Waals surface area (Å²) in [7, 11) is 0. The van der Waals surface area contributed by atoms with Gasteiger partial charge in [0.1, 0.15) is 0 Å². The van der Waals surface area contributed by atoms with E-state index in [4.69, 9.17) is 0 Å². The number of urea groups is 1. The van der Waals surface area contributed by atoms with Crippen LogP contribution in [0.2, 0.25) is 0 Å². The molecule has 0 atom stereocenters. The maximum absolute atomic E-state index is 11.8. The minimum absolute atomic E-state index is 0.384. The largest absolute Gasteiger partial charge is 0.345 e. The first-order valence-corrected chi connectivity index (χ1v) is 9.06. The lowest BCUT2D eigenvalue weighted by Crippen LogP contribution is -2.32. The van der Waals surface area contributed by atoms with Crippen LogP contribution in [0.3, 0.4) is 0 Å². The van der Waals surface area contributed by atoms with Gasteiger partial charge >= 0.3 is 6.03 Å². The highest BCUT2D eigenvalue weighted by Crippen LogP contribution is 2.11. The van der Waals surface area contributed by atoms with Gasteiger partial charge in [0.05, 0.1) is 6.54 Å². The normalized spacial score (nSPS) is 10.5. The van der Waals surface area contributed by atoms with Gasteiger partial charge in [-0.15, -0.1) is 0 Å². The molecule has 0 radical (unpaired) electrons. The first-order chi connectivity index (χ1) is 11.2. The van der Waals surface area contributed by atoms with Crippen LogP contribution in [0.5, 0.6) is 0 Å². The van der Waals surface area contributed by atoms with Crippen molar-refractivity contribution in [1.82, 2.24) is 5.06 Å². The SMILES string of the molecule is CCCCCCCCCCCCN(O)C(=O)Nc1ccccc1. The van der Waals surface area contributed by atoms with Gasteiger partial charge < -0.3 is 5.32 Å². The number of carbonyl (C=O) groups excluding carboxylic acids is 1. The second kappa shape index (κ2) is 12.9. The topological polar surface area (TPSA) is 52.6 Å². The summed E-state index contributed by atoms with van der Waals surface area (Å²) in [5, 5.41) is 13.2. The highest BCUT2D eigenvalue weighted by Gasteiger charge is 2.09. The Bertz CT molecular complexity index is 409. The predicted octanol–water partition coefficient (Wildman–Crippen LogP) is 5.83. The summed E-state index contributed by atoms with van der Waals surface area (Å²) in [6.45, 7) is 2.62. The van der Waals surface area contributed by atoms with Crippen LogP contribution in [0.25, 0.3) is 0 Å². The molecule has 0 aliphatic heterocycles. The van der Waals surface area contributed by atoms with E-state index in [9.17, 15) is 10.0 Å². The summed E-state index contributed by atoms with van der Waals surface area (Å²) in [6.07, 6.45) is 12.4. The Labute approximate surface area is 140 Å². The molecule has 1 rings (SSSR count). The zero-order valence-electron chi connectivity index (χ0n) is 14.5. The van der Waals surface area contributed by atoms with Gasteiger partial charge in [0.25, 0.3) is 0 Å². The molecule has 4 nitrogen and oxygen atoms in total. The van der Waals surface area contributed by atoms with Gasteiger partial charge in [-0.2, -0.15) is 0 Å². The minimum atomic E-state index is -0.466. The number of anilines is 1. The molecule has 0 heterocycles. The van der Waals surface area contributed by atoms with Crippen LogP contribution in [-0.2, 0) is 0 Å². The number of nitrogens with one attached hydrogen (secondary N) is 1.